The van der Waals surface area contributed by atoms with Crippen molar-refractivity contribution in [1.82, 2.24) is 14.9 Å². The Labute approximate surface area is 202 Å². The minimum absolute atomic E-state index is 0. The number of hydrogen-bond acceptors (Lipinski definition) is 7. The van der Waals surface area contributed by atoms with Crippen LogP contribution in [0.4, 0.5) is 11.8 Å². The van der Waals surface area contributed by atoms with E-state index in [2.05, 4.69) is 59.0 Å². The summed E-state index contributed by atoms with van der Waals surface area (Å²) in [6, 6.07) is 11.2. The standard InChI is InChI=1S/C23H31N5O2.2ClH/c1-16-12-21(25-23(24-16)27-8-10-30-11-9-27)28-14-18-13-26(2)22(20(18)15-28)17-4-6-19(29-3)7-5-17;;/h4-7,12,18,20,22H,8-11,13-15H2,1-3H3;2*1H/t18-,20+,22-;;/m0../s1. The largest absolute Gasteiger partial charge is 0.497 e. The van der Waals surface area contributed by atoms with Crippen LogP contribution in [-0.2, 0) is 4.74 Å². The first-order valence-electron chi connectivity index (χ1n) is 10.9. The number of aryl methyl sites for hydroxylation is 1. The molecule has 3 saturated heterocycles. The molecule has 1 aromatic carbocycles. The number of benzene rings is 1. The summed E-state index contributed by atoms with van der Waals surface area (Å²) < 4.78 is 10.8. The van der Waals surface area contributed by atoms with E-state index in [1.165, 1.54) is 5.56 Å². The topological polar surface area (TPSA) is 54.0 Å². The molecule has 3 atom stereocenters. The summed E-state index contributed by atoms with van der Waals surface area (Å²) in [5.41, 5.74) is 2.41. The Bertz CT molecular complexity index is 894. The van der Waals surface area contributed by atoms with Gasteiger partial charge in [0.05, 0.1) is 20.3 Å². The highest BCUT2D eigenvalue weighted by Crippen LogP contribution is 2.45. The van der Waals surface area contributed by atoms with Gasteiger partial charge in [-0.15, -0.1) is 24.8 Å². The van der Waals surface area contributed by atoms with Crippen LogP contribution in [0.15, 0.2) is 30.3 Å². The lowest BCUT2D eigenvalue weighted by Crippen LogP contribution is -2.38. The van der Waals surface area contributed by atoms with E-state index in [1.54, 1.807) is 7.11 Å². The number of aromatic nitrogens is 2. The molecule has 9 heteroatoms. The van der Waals surface area contributed by atoms with Crippen molar-refractivity contribution in [3.05, 3.63) is 41.6 Å². The van der Waals surface area contributed by atoms with Gasteiger partial charge in [-0.2, -0.15) is 4.98 Å². The second-order valence-corrected chi connectivity index (χ2v) is 8.75. The van der Waals surface area contributed by atoms with Gasteiger partial charge in [0.25, 0.3) is 0 Å². The maximum absolute atomic E-state index is 5.49. The van der Waals surface area contributed by atoms with E-state index < -0.39 is 0 Å². The summed E-state index contributed by atoms with van der Waals surface area (Å²) in [4.78, 5) is 16.9. The molecule has 0 amide bonds. The zero-order chi connectivity index (χ0) is 20.7. The molecule has 0 saturated carbocycles. The molecule has 176 valence electrons. The number of halogens is 2. The Balaban J connectivity index is 0.00000144. The van der Waals surface area contributed by atoms with Crippen LogP contribution in [0, 0.1) is 18.8 Å². The van der Waals surface area contributed by atoms with Crippen molar-refractivity contribution in [2.24, 2.45) is 11.8 Å². The summed E-state index contributed by atoms with van der Waals surface area (Å²) in [5, 5.41) is 0. The van der Waals surface area contributed by atoms with Crippen molar-refractivity contribution in [2.45, 2.75) is 13.0 Å². The van der Waals surface area contributed by atoms with Gasteiger partial charge in [-0.05, 0) is 37.6 Å². The third kappa shape index (κ3) is 4.76. The van der Waals surface area contributed by atoms with E-state index in [4.69, 9.17) is 19.4 Å². The number of anilines is 2. The average Bonchev–Trinajstić information content (AvgIpc) is 3.31. The molecule has 0 radical (unpaired) electrons. The van der Waals surface area contributed by atoms with E-state index in [0.29, 0.717) is 17.9 Å². The molecule has 0 unspecified atom stereocenters. The fourth-order valence-electron chi connectivity index (χ4n) is 5.35. The predicted molar refractivity (Wildman–Crippen MR) is 132 cm³/mol. The summed E-state index contributed by atoms with van der Waals surface area (Å²) in [7, 11) is 3.97. The molecular weight excluding hydrogens is 449 g/mol. The summed E-state index contributed by atoms with van der Waals surface area (Å²) in [6.45, 7) is 8.49. The van der Waals surface area contributed by atoms with Crippen molar-refractivity contribution in [1.29, 1.82) is 0 Å². The highest BCUT2D eigenvalue weighted by atomic mass is 35.5. The van der Waals surface area contributed by atoms with Crippen molar-refractivity contribution in [3.63, 3.8) is 0 Å². The summed E-state index contributed by atoms with van der Waals surface area (Å²) in [6.07, 6.45) is 0. The first kappa shape index (κ1) is 24.8. The Morgan fingerprint density at radius 3 is 2.38 bits per heavy atom. The highest BCUT2D eigenvalue weighted by molar-refractivity contribution is 5.85. The molecule has 0 spiro atoms. The molecule has 0 aliphatic carbocycles. The maximum atomic E-state index is 5.49. The Kier molecular flexibility index (Phi) is 8.09. The fraction of sp³-hybridized carbons (Fsp3) is 0.565. The van der Waals surface area contributed by atoms with E-state index >= 15 is 0 Å². The summed E-state index contributed by atoms with van der Waals surface area (Å²) in [5.74, 6) is 4.08. The van der Waals surface area contributed by atoms with Crippen LogP contribution in [0.3, 0.4) is 0 Å². The lowest BCUT2D eigenvalue weighted by Gasteiger charge is -2.29. The Morgan fingerprint density at radius 2 is 1.69 bits per heavy atom. The minimum atomic E-state index is 0. The van der Waals surface area contributed by atoms with Crippen molar-refractivity contribution in [3.8, 4) is 5.75 Å². The zero-order valence-corrected chi connectivity index (χ0v) is 20.6. The molecule has 4 heterocycles. The van der Waals surface area contributed by atoms with Crippen molar-refractivity contribution in [2.75, 3.05) is 69.9 Å². The molecule has 0 bridgehead atoms. The third-order valence-corrected chi connectivity index (χ3v) is 6.80. The van der Waals surface area contributed by atoms with Gasteiger partial charge in [-0.25, -0.2) is 4.98 Å². The minimum Gasteiger partial charge on any atom is -0.497 e. The van der Waals surface area contributed by atoms with Gasteiger partial charge < -0.3 is 19.3 Å². The van der Waals surface area contributed by atoms with Crippen LogP contribution in [0.5, 0.6) is 5.75 Å². The molecule has 3 fully saturated rings. The highest BCUT2D eigenvalue weighted by Gasteiger charge is 2.46. The Hall–Kier alpha value is -1.80. The van der Waals surface area contributed by atoms with Crippen LogP contribution in [0.2, 0.25) is 0 Å². The number of morpholine rings is 1. The number of hydrogen-bond donors (Lipinski definition) is 0. The van der Waals surface area contributed by atoms with E-state index in [1.807, 2.05) is 0 Å². The molecular formula is C23H33Cl2N5O2. The monoisotopic (exact) mass is 481 g/mol. The summed E-state index contributed by atoms with van der Waals surface area (Å²) >= 11 is 0. The van der Waals surface area contributed by atoms with E-state index in [9.17, 15) is 0 Å². The smallest absolute Gasteiger partial charge is 0.227 e. The van der Waals surface area contributed by atoms with Crippen molar-refractivity contribution >= 4 is 36.6 Å². The average molecular weight is 482 g/mol. The van der Waals surface area contributed by atoms with Gasteiger partial charge in [-0.1, -0.05) is 12.1 Å². The van der Waals surface area contributed by atoms with Gasteiger partial charge in [0, 0.05) is 56.4 Å². The second kappa shape index (κ2) is 10.4. The van der Waals surface area contributed by atoms with E-state index in [-0.39, 0.29) is 24.8 Å². The molecule has 5 rings (SSSR count). The third-order valence-electron chi connectivity index (χ3n) is 6.80. The van der Waals surface area contributed by atoms with Gasteiger partial charge in [-0.3, -0.25) is 4.90 Å². The first-order valence-corrected chi connectivity index (χ1v) is 10.9. The molecule has 2 aromatic rings. The van der Waals surface area contributed by atoms with Gasteiger partial charge in [0.15, 0.2) is 0 Å². The number of fused-ring (bicyclic) bond motifs is 1. The number of ether oxygens (including phenoxy) is 2. The molecule has 1 aromatic heterocycles. The van der Waals surface area contributed by atoms with E-state index in [0.717, 1.165) is 69.1 Å². The fourth-order valence-corrected chi connectivity index (χ4v) is 5.35. The van der Waals surface area contributed by atoms with Crippen LogP contribution < -0.4 is 14.5 Å². The molecule has 0 N–H and O–H groups in total. The van der Waals surface area contributed by atoms with Crippen LogP contribution in [-0.4, -0.2) is 75.0 Å². The second-order valence-electron chi connectivity index (χ2n) is 8.75. The number of nitrogens with zero attached hydrogens (tertiary/aromatic N) is 5. The van der Waals surface area contributed by atoms with Gasteiger partial charge in [0.1, 0.15) is 11.6 Å². The first-order chi connectivity index (χ1) is 14.6. The van der Waals surface area contributed by atoms with Crippen LogP contribution in [0.25, 0.3) is 0 Å². The molecule has 32 heavy (non-hydrogen) atoms. The number of rotatable bonds is 4. The van der Waals surface area contributed by atoms with Gasteiger partial charge in [0.2, 0.25) is 5.95 Å². The zero-order valence-electron chi connectivity index (χ0n) is 18.9. The Morgan fingerprint density at radius 1 is 0.969 bits per heavy atom. The molecule has 3 aliphatic heterocycles. The molecule has 7 nitrogen and oxygen atoms in total. The van der Waals surface area contributed by atoms with Crippen LogP contribution in [0.1, 0.15) is 17.3 Å². The molecule has 3 aliphatic rings. The lowest BCUT2D eigenvalue weighted by molar-refractivity contribution is 0.122. The van der Waals surface area contributed by atoms with Gasteiger partial charge >= 0.3 is 0 Å². The normalized spacial score (nSPS) is 25.2. The SMILES string of the molecule is COc1ccc([C@H]2[C@@H]3CN(c4cc(C)nc(N5CCOCC5)n4)C[C@@H]3CN2C)cc1.Cl.Cl. The predicted octanol–water partition coefficient (Wildman–Crippen LogP) is 3.21. The number of methoxy groups -OCH3 is 1. The maximum Gasteiger partial charge on any atom is 0.227 e. The van der Waals surface area contributed by atoms with Crippen LogP contribution >= 0.6 is 24.8 Å². The lowest BCUT2D eigenvalue weighted by atomic mass is 9.89. The number of likely N-dealkylation sites (tertiary alicyclic amines) is 1. The van der Waals surface area contributed by atoms with Crippen molar-refractivity contribution < 1.29 is 9.47 Å². The quantitative estimate of drug-likeness (QED) is 0.664.